The van der Waals surface area contributed by atoms with Gasteiger partial charge in [-0.2, -0.15) is 0 Å². The van der Waals surface area contributed by atoms with Gasteiger partial charge in [-0.1, -0.05) is 170 Å². The Kier molecular flexibility index (Phi) is 7.11. The fourth-order valence-corrected chi connectivity index (χ4v) is 9.08. The summed E-state index contributed by atoms with van der Waals surface area (Å²) in [5.74, 6) is 0. The molecule has 9 aromatic carbocycles. The minimum absolute atomic E-state index is 0.462. The maximum Gasteiger partial charge on any atom is 0.159 e. The van der Waals surface area contributed by atoms with E-state index in [1.54, 1.807) is 0 Å². The van der Waals surface area contributed by atoms with Gasteiger partial charge in [-0.3, -0.25) is 0 Å². The number of rotatable bonds is 6. The lowest BCUT2D eigenvalue weighted by Gasteiger charge is -2.34. The van der Waals surface area contributed by atoms with Gasteiger partial charge in [-0.25, -0.2) is 0 Å². The number of hydrogen-bond donors (Lipinski definition) is 0. The molecule has 0 N–H and O–H groups in total. The standard InChI is InChI=1S/C53H35NO/c1-3-14-36(15-4-1)37-26-30-42(31-27-37)54(50-25-13-22-46-47-34-38-16-7-8-17-39(38)35-51(47)55-52(46)50)43-32-28-41(29-33-43)53(40-18-5-2-6-19-40)48-23-11-9-20-44(48)45-21-10-12-24-49(45)53/h1-35H. The minimum Gasteiger partial charge on any atom is -0.454 e. The van der Waals surface area contributed by atoms with E-state index in [9.17, 15) is 0 Å². The van der Waals surface area contributed by atoms with E-state index >= 15 is 0 Å². The van der Waals surface area contributed by atoms with E-state index in [4.69, 9.17) is 4.42 Å². The van der Waals surface area contributed by atoms with Crippen molar-refractivity contribution in [3.63, 3.8) is 0 Å². The van der Waals surface area contributed by atoms with Gasteiger partial charge in [0.25, 0.3) is 0 Å². The third kappa shape index (κ3) is 4.82. The van der Waals surface area contributed by atoms with Crippen LogP contribution in [-0.2, 0) is 5.41 Å². The van der Waals surface area contributed by atoms with E-state index in [1.165, 1.54) is 55.3 Å². The van der Waals surface area contributed by atoms with Crippen LogP contribution in [0.3, 0.4) is 0 Å². The van der Waals surface area contributed by atoms with Gasteiger partial charge in [0, 0.05) is 22.1 Å². The van der Waals surface area contributed by atoms with E-state index in [0.29, 0.717) is 0 Å². The zero-order valence-electron chi connectivity index (χ0n) is 30.1. The zero-order chi connectivity index (χ0) is 36.3. The van der Waals surface area contributed by atoms with Gasteiger partial charge >= 0.3 is 0 Å². The molecule has 0 bridgehead atoms. The maximum absolute atomic E-state index is 6.82. The first-order chi connectivity index (χ1) is 27.3. The maximum atomic E-state index is 6.82. The van der Waals surface area contributed by atoms with Gasteiger partial charge in [0.05, 0.1) is 11.1 Å². The zero-order valence-corrected chi connectivity index (χ0v) is 30.1. The summed E-state index contributed by atoms with van der Waals surface area (Å²) in [5.41, 5.74) is 14.4. The molecule has 258 valence electrons. The van der Waals surface area contributed by atoms with E-state index in [0.717, 1.165) is 39.0 Å². The van der Waals surface area contributed by atoms with Crippen molar-refractivity contribution < 1.29 is 4.42 Å². The second-order valence-electron chi connectivity index (χ2n) is 14.5. The molecule has 11 rings (SSSR count). The van der Waals surface area contributed by atoms with Crippen LogP contribution in [0.15, 0.2) is 217 Å². The van der Waals surface area contributed by atoms with Crippen LogP contribution in [0.4, 0.5) is 17.1 Å². The van der Waals surface area contributed by atoms with Gasteiger partial charge in [0.15, 0.2) is 5.58 Å². The second-order valence-corrected chi connectivity index (χ2v) is 14.5. The molecule has 2 heteroatoms. The fraction of sp³-hybridized carbons (Fsp3) is 0.0189. The minimum atomic E-state index is -0.462. The molecule has 55 heavy (non-hydrogen) atoms. The Balaban J connectivity index is 1.12. The molecular weight excluding hydrogens is 667 g/mol. The average Bonchev–Trinajstić information content (AvgIpc) is 3.78. The molecule has 0 spiro atoms. The van der Waals surface area contributed by atoms with Crippen LogP contribution >= 0.6 is 0 Å². The number of para-hydroxylation sites is 1. The van der Waals surface area contributed by atoms with E-state index < -0.39 is 5.41 Å². The predicted molar refractivity (Wildman–Crippen MR) is 229 cm³/mol. The van der Waals surface area contributed by atoms with E-state index in [-0.39, 0.29) is 0 Å². The van der Waals surface area contributed by atoms with Crippen molar-refractivity contribution in [3.8, 4) is 22.3 Å². The largest absolute Gasteiger partial charge is 0.454 e. The Morgan fingerprint density at radius 1 is 0.382 bits per heavy atom. The number of nitrogens with zero attached hydrogens (tertiary/aromatic N) is 1. The van der Waals surface area contributed by atoms with Crippen LogP contribution < -0.4 is 4.90 Å². The fourth-order valence-electron chi connectivity index (χ4n) is 9.08. The molecule has 10 aromatic rings. The number of hydrogen-bond acceptors (Lipinski definition) is 2. The van der Waals surface area contributed by atoms with Crippen molar-refractivity contribution in [2.75, 3.05) is 4.90 Å². The van der Waals surface area contributed by atoms with E-state index in [2.05, 4.69) is 217 Å². The normalized spacial score (nSPS) is 12.9. The van der Waals surface area contributed by atoms with Crippen molar-refractivity contribution in [1.29, 1.82) is 0 Å². The Bertz CT molecular complexity index is 2970. The summed E-state index contributed by atoms with van der Waals surface area (Å²) < 4.78 is 6.82. The summed E-state index contributed by atoms with van der Waals surface area (Å²) >= 11 is 0. The molecule has 1 aliphatic carbocycles. The molecule has 0 unspecified atom stereocenters. The number of fused-ring (bicyclic) bond motifs is 7. The Hall–Kier alpha value is -7.16. The van der Waals surface area contributed by atoms with Crippen LogP contribution in [0.25, 0.3) is 55.0 Å². The van der Waals surface area contributed by atoms with Crippen molar-refractivity contribution in [1.82, 2.24) is 0 Å². The molecule has 0 atom stereocenters. The first-order valence-electron chi connectivity index (χ1n) is 18.9. The van der Waals surface area contributed by atoms with Gasteiger partial charge in [0.2, 0.25) is 0 Å². The summed E-state index contributed by atoms with van der Waals surface area (Å²) in [7, 11) is 0. The van der Waals surface area contributed by atoms with Crippen molar-refractivity contribution in [2.24, 2.45) is 0 Å². The average molecular weight is 702 g/mol. The number of anilines is 3. The van der Waals surface area contributed by atoms with Crippen LogP contribution in [0.5, 0.6) is 0 Å². The second kappa shape index (κ2) is 12.5. The van der Waals surface area contributed by atoms with Gasteiger partial charge in [0.1, 0.15) is 5.58 Å². The van der Waals surface area contributed by atoms with Gasteiger partial charge in [-0.15, -0.1) is 0 Å². The van der Waals surface area contributed by atoms with Crippen LogP contribution in [-0.4, -0.2) is 0 Å². The smallest absolute Gasteiger partial charge is 0.159 e. The number of benzene rings is 9. The monoisotopic (exact) mass is 701 g/mol. The van der Waals surface area contributed by atoms with Crippen molar-refractivity contribution in [3.05, 3.63) is 235 Å². The van der Waals surface area contributed by atoms with Gasteiger partial charge in [-0.05, 0) is 97.7 Å². The number of furan rings is 1. The predicted octanol–water partition coefficient (Wildman–Crippen LogP) is 14.2. The first kappa shape index (κ1) is 31.4. The Morgan fingerprint density at radius 2 is 0.909 bits per heavy atom. The summed E-state index contributed by atoms with van der Waals surface area (Å²) in [4.78, 5) is 2.34. The molecule has 0 fully saturated rings. The third-order valence-corrected chi connectivity index (χ3v) is 11.5. The Morgan fingerprint density at radius 3 is 1.58 bits per heavy atom. The Labute approximate surface area is 320 Å². The quantitative estimate of drug-likeness (QED) is 0.172. The highest BCUT2D eigenvalue weighted by Crippen LogP contribution is 2.56. The molecule has 0 amide bonds. The van der Waals surface area contributed by atoms with Crippen molar-refractivity contribution >= 4 is 49.8 Å². The molecule has 1 aromatic heterocycles. The molecule has 0 aliphatic heterocycles. The van der Waals surface area contributed by atoms with E-state index in [1.807, 2.05) is 0 Å². The lowest BCUT2D eigenvalue weighted by atomic mass is 9.68. The molecule has 0 radical (unpaired) electrons. The first-order valence-corrected chi connectivity index (χ1v) is 18.9. The molecule has 1 heterocycles. The van der Waals surface area contributed by atoms with Crippen LogP contribution in [0, 0.1) is 0 Å². The lowest BCUT2D eigenvalue weighted by Crippen LogP contribution is -2.28. The summed E-state index contributed by atoms with van der Waals surface area (Å²) in [5, 5.41) is 4.59. The van der Waals surface area contributed by atoms with Crippen LogP contribution in [0.1, 0.15) is 22.3 Å². The SMILES string of the molecule is c1ccc(-c2ccc(N(c3ccc(C4(c5ccccc5)c5ccccc5-c5ccccc54)cc3)c3cccc4c3oc3cc5ccccc5cc34)cc2)cc1. The lowest BCUT2D eigenvalue weighted by molar-refractivity contribution is 0.669. The summed E-state index contributed by atoms with van der Waals surface area (Å²) in [6.07, 6.45) is 0. The topological polar surface area (TPSA) is 16.4 Å². The highest BCUT2D eigenvalue weighted by Gasteiger charge is 2.45. The molecule has 0 saturated carbocycles. The highest BCUT2D eigenvalue weighted by atomic mass is 16.3. The van der Waals surface area contributed by atoms with Crippen LogP contribution in [0.2, 0.25) is 0 Å². The highest BCUT2D eigenvalue weighted by molar-refractivity contribution is 6.13. The molecule has 0 saturated heterocycles. The molecular formula is C53H35NO. The summed E-state index contributed by atoms with van der Waals surface area (Å²) in [6.45, 7) is 0. The summed E-state index contributed by atoms with van der Waals surface area (Å²) in [6, 6.07) is 76.9. The third-order valence-electron chi connectivity index (χ3n) is 11.5. The van der Waals surface area contributed by atoms with Crippen molar-refractivity contribution in [2.45, 2.75) is 5.41 Å². The molecule has 1 aliphatic rings. The molecule has 2 nitrogen and oxygen atoms in total. The van der Waals surface area contributed by atoms with Gasteiger partial charge < -0.3 is 9.32 Å².